The van der Waals surface area contributed by atoms with Crippen molar-refractivity contribution in [2.45, 2.75) is 27.7 Å². The molecule has 0 radical (unpaired) electrons. The molecule has 2 aromatic rings. The molecule has 0 unspecified atom stereocenters. The number of hydrogen-bond donors (Lipinski definition) is 3. The first-order valence-corrected chi connectivity index (χ1v) is 7.01. The van der Waals surface area contributed by atoms with Gasteiger partial charge in [0.2, 0.25) is 0 Å². The molecule has 0 aliphatic rings. The van der Waals surface area contributed by atoms with Gasteiger partial charge in [-0.1, -0.05) is 32.9 Å². The van der Waals surface area contributed by atoms with E-state index in [4.69, 9.17) is 0 Å². The number of benzene rings is 1. The lowest BCUT2D eigenvalue weighted by Crippen LogP contribution is -2.35. The Labute approximate surface area is 125 Å². The smallest absolute Gasteiger partial charge is 0.319 e. The van der Waals surface area contributed by atoms with Crippen LogP contribution in [0.5, 0.6) is 0 Å². The maximum Gasteiger partial charge on any atom is 0.319 e. The van der Waals surface area contributed by atoms with Gasteiger partial charge < -0.3 is 10.6 Å². The number of amides is 2. The number of aromatic amines is 1. The van der Waals surface area contributed by atoms with Crippen molar-refractivity contribution in [3.8, 4) is 11.3 Å². The van der Waals surface area contributed by atoms with E-state index in [2.05, 4.69) is 41.6 Å². The fraction of sp³-hybridized carbons (Fsp3) is 0.375. The van der Waals surface area contributed by atoms with E-state index in [1.165, 1.54) is 0 Å². The molecule has 5 heteroatoms. The van der Waals surface area contributed by atoms with Crippen LogP contribution in [0, 0.1) is 12.3 Å². The first-order chi connectivity index (χ1) is 9.83. The van der Waals surface area contributed by atoms with Crippen molar-refractivity contribution in [1.29, 1.82) is 0 Å². The van der Waals surface area contributed by atoms with E-state index < -0.39 is 0 Å². The average Bonchev–Trinajstić information content (AvgIpc) is 2.83. The molecule has 1 aromatic heterocycles. The van der Waals surface area contributed by atoms with Crippen molar-refractivity contribution in [1.82, 2.24) is 15.5 Å². The van der Waals surface area contributed by atoms with Gasteiger partial charge in [-0.3, -0.25) is 5.10 Å². The van der Waals surface area contributed by atoms with E-state index in [1.54, 1.807) is 0 Å². The molecule has 2 rings (SSSR count). The van der Waals surface area contributed by atoms with E-state index in [1.807, 2.05) is 37.3 Å². The Morgan fingerprint density at radius 1 is 1.29 bits per heavy atom. The van der Waals surface area contributed by atoms with Crippen molar-refractivity contribution < 1.29 is 4.79 Å². The largest absolute Gasteiger partial charge is 0.337 e. The molecule has 3 N–H and O–H groups in total. The standard InChI is InChI=1S/C16H22N4O/c1-11-8-14(20-19-11)12-6-5-7-13(9-12)18-15(21)17-10-16(2,3)4/h5-9H,10H2,1-4H3,(H,19,20)(H2,17,18,21). The number of anilines is 1. The van der Waals surface area contributed by atoms with Crippen LogP contribution in [-0.4, -0.2) is 22.8 Å². The van der Waals surface area contributed by atoms with Crippen molar-refractivity contribution in [2.24, 2.45) is 5.41 Å². The normalized spacial score (nSPS) is 11.2. The molecule has 5 nitrogen and oxygen atoms in total. The number of H-pyrrole nitrogens is 1. The van der Waals surface area contributed by atoms with E-state index in [9.17, 15) is 4.79 Å². The lowest BCUT2D eigenvalue weighted by atomic mass is 9.97. The zero-order chi connectivity index (χ0) is 15.5. The summed E-state index contributed by atoms with van der Waals surface area (Å²) in [5, 5.41) is 12.8. The summed E-state index contributed by atoms with van der Waals surface area (Å²) in [7, 11) is 0. The van der Waals surface area contributed by atoms with Gasteiger partial charge in [-0.05, 0) is 30.5 Å². The van der Waals surface area contributed by atoms with Gasteiger partial charge in [0, 0.05) is 23.5 Å². The Hall–Kier alpha value is -2.30. The number of nitrogens with one attached hydrogen (secondary N) is 3. The molecular formula is C16H22N4O. The van der Waals surface area contributed by atoms with Crippen molar-refractivity contribution in [3.05, 3.63) is 36.0 Å². The molecular weight excluding hydrogens is 264 g/mol. The van der Waals surface area contributed by atoms with Crippen LogP contribution in [0.25, 0.3) is 11.3 Å². The Kier molecular flexibility index (Phi) is 4.31. The second kappa shape index (κ2) is 5.99. The number of aromatic nitrogens is 2. The highest BCUT2D eigenvalue weighted by atomic mass is 16.2. The quantitative estimate of drug-likeness (QED) is 0.807. The van der Waals surface area contributed by atoms with Gasteiger partial charge in [0.15, 0.2) is 0 Å². The average molecular weight is 286 g/mol. The molecule has 1 heterocycles. The molecule has 0 aliphatic carbocycles. The predicted molar refractivity (Wildman–Crippen MR) is 85.2 cm³/mol. The third-order valence-electron chi connectivity index (χ3n) is 2.90. The highest BCUT2D eigenvalue weighted by Crippen LogP contribution is 2.21. The lowest BCUT2D eigenvalue weighted by Gasteiger charge is -2.19. The summed E-state index contributed by atoms with van der Waals surface area (Å²) in [6.07, 6.45) is 0. The fourth-order valence-electron chi connectivity index (χ4n) is 1.84. The number of carbonyl (C=O) groups excluding carboxylic acids is 1. The first-order valence-electron chi connectivity index (χ1n) is 7.01. The number of rotatable bonds is 3. The summed E-state index contributed by atoms with van der Waals surface area (Å²) in [5.41, 5.74) is 3.65. The molecule has 0 aliphatic heterocycles. The molecule has 21 heavy (non-hydrogen) atoms. The first kappa shape index (κ1) is 15.1. The monoisotopic (exact) mass is 286 g/mol. The molecule has 1 aromatic carbocycles. The Bertz CT molecular complexity index is 625. The van der Waals surface area contributed by atoms with Crippen LogP contribution < -0.4 is 10.6 Å². The molecule has 2 amide bonds. The fourth-order valence-corrected chi connectivity index (χ4v) is 1.84. The van der Waals surface area contributed by atoms with Crippen molar-refractivity contribution >= 4 is 11.7 Å². The van der Waals surface area contributed by atoms with E-state index in [0.29, 0.717) is 6.54 Å². The zero-order valence-corrected chi connectivity index (χ0v) is 12.9. The highest BCUT2D eigenvalue weighted by Gasteiger charge is 2.12. The minimum absolute atomic E-state index is 0.0613. The molecule has 0 bridgehead atoms. The SMILES string of the molecule is Cc1cc(-c2cccc(NC(=O)NCC(C)(C)C)c2)n[nH]1. The molecule has 112 valence electrons. The minimum atomic E-state index is -0.194. The molecule has 0 saturated heterocycles. The summed E-state index contributed by atoms with van der Waals surface area (Å²) >= 11 is 0. The van der Waals surface area contributed by atoms with Crippen LogP contribution in [0.1, 0.15) is 26.5 Å². The zero-order valence-electron chi connectivity index (χ0n) is 12.9. The number of urea groups is 1. The van der Waals surface area contributed by atoms with Gasteiger partial charge in [0.05, 0.1) is 5.69 Å². The number of carbonyl (C=O) groups is 1. The van der Waals surface area contributed by atoms with Crippen LogP contribution in [-0.2, 0) is 0 Å². The number of hydrogen-bond acceptors (Lipinski definition) is 2. The number of aryl methyl sites for hydroxylation is 1. The second-order valence-corrected chi connectivity index (χ2v) is 6.39. The van der Waals surface area contributed by atoms with Crippen LogP contribution in [0.4, 0.5) is 10.5 Å². The van der Waals surface area contributed by atoms with Gasteiger partial charge in [-0.25, -0.2) is 4.79 Å². The number of nitrogens with zero attached hydrogens (tertiary/aromatic N) is 1. The van der Waals surface area contributed by atoms with E-state index in [-0.39, 0.29) is 11.4 Å². The molecule has 0 spiro atoms. The maximum absolute atomic E-state index is 11.9. The summed E-state index contributed by atoms with van der Waals surface area (Å²) < 4.78 is 0. The van der Waals surface area contributed by atoms with Gasteiger partial charge >= 0.3 is 6.03 Å². The molecule has 0 atom stereocenters. The summed E-state index contributed by atoms with van der Waals surface area (Å²) in [4.78, 5) is 11.9. The highest BCUT2D eigenvalue weighted by molar-refractivity contribution is 5.90. The van der Waals surface area contributed by atoms with Crippen molar-refractivity contribution in [3.63, 3.8) is 0 Å². The topological polar surface area (TPSA) is 69.8 Å². The summed E-state index contributed by atoms with van der Waals surface area (Å²) in [5.74, 6) is 0. The Balaban J connectivity index is 2.03. The van der Waals surface area contributed by atoms with Crippen LogP contribution in [0.15, 0.2) is 30.3 Å². The third-order valence-corrected chi connectivity index (χ3v) is 2.90. The van der Waals surface area contributed by atoms with Gasteiger partial charge in [-0.15, -0.1) is 0 Å². The second-order valence-electron chi connectivity index (χ2n) is 6.39. The van der Waals surface area contributed by atoms with E-state index in [0.717, 1.165) is 22.6 Å². The van der Waals surface area contributed by atoms with E-state index >= 15 is 0 Å². The van der Waals surface area contributed by atoms with Gasteiger partial charge in [-0.2, -0.15) is 5.10 Å². The van der Waals surface area contributed by atoms with Crippen LogP contribution >= 0.6 is 0 Å². The summed E-state index contributed by atoms with van der Waals surface area (Å²) in [6, 6.07) is 9.41. The molecule has 0 saturated carbocycles. The van der Waals surface area contributed by atoms with Gasteiger partial charge in [0.1, 0.15) is 0 Å². The van der Waals surface area contributed by atoms with Gasteiger partial charge in [0.25, 0.3) is 0 Å². The predicted octanol–water partition coefficient (Wildman–Crippen LogP) is 3.55. The summed E-state index contributed by atoms with van der Waals surface area (Å²) in [6.45, 7) is 8.81. The minimum Gasteiger partial charge on any atom is -0.337 e. The Morgan fingerprint density at radius 2 is 2.05 bits per heavy atom. The van der Waals surface area contributed by atoms with Crippen molar-refractivity contribution in [2.75, 3.05) is 11.9 Å². The maximum atomic E-state index is 11.9. The van der Waals surface area contributed by atoms with Crippen LogP contribution in [0.3, 0.4) is 0 Å². The van der Waals surface area contributed by atoms with Crippen LogP contribution in [0.2, 0.25) is 0 Å². The third kappa shape index (κ3) is 4.63. The Morgan fingerprint density at radius 3 is 2.67 bits per heavy atom. The lowest BCUT2D eigenvalue weighted by molar-refractivity contribution is 0.247. The molecule has 0 fully saturated rings.